The van der Waals surface area contributed by atoms with E-state index in [1.54, 1.807) is 0 Å². The van der Waals surface area contributed by atoms with Crippen LogP contribution >= 0.6 is 0 Å². The Balaban J connectivity index is 1.38. The highest BCUT2D eigenvalue weighted by Crippen LogP contribution is 2.97. The van der Waals surface area contributed by atoms with Crippen molar-refractivity contribution in [2.24, 2.45) is 29.6 Å². The van der Waals surface area contributed by atoms with Crippen molar-refractivity contribution in [1.29, 1.82) is 0 Å². The highest BCUT2D eigenvalue weighted by atomic mass is 16.2. The van der Waals surface area contributed by atoms with E-state index < -0.39 is 0 Å². The molecular formula is C22H17N3O2. The number of rotatable bonds is 2. The second-order valence-electron chi connectivity index (χ2n) is 8.94. The van der Waals surface area contributed by atoms with Crippen molar-refractivity contribution in [3.05, 3.63) is 87.2 Å². The van der Waals surface area contributed by atoms with Gasteiger partial charge in [0.2, 0.25) is 0 Å². The minimum Gasteiger partial charge on any atom is -0.245 e. The number of hydrogen-bond acceptors (Lipinski definition) is 2. The lowest BCUT2D eigenvalue weighted by Crippen LogP contribution is -2.45. The molecule has 4 fully saturated rings. The molecule has 3 aromatic rings. The Hall–Kier alpha value is -2.82. The SMILES string of the molecule is O=c1n(-c2ccccc2)c(=O)n2n1[C@@H]1[C@H]3C4[C@@H]3[C@@H]2[C@H]2[C@@H]1C42c1ccccc1. The quantitative estimate of drug-likeness (QED) is 0.706. The number of aromatic nitrogens is 3. The largest absolute Gasteiger partial charge is 0.352 e. The molecule has 2 unspecified atom stereocenters. The third-order valence-corrected chi connectivity index (χ3v) is 8.45. The van der Waals surface area contributed by atoms with Gasteiger partial charge in [0, 0.05) is 5.41 Å². The molecule has 0 amide bonds. The Morgan fingerprint density at radius 3 is 1.74 bits per heavy atom. The summed E-state index contributed by atoms with van der Waals surface area (Å²) >= 11 is 0. The molecule has 4 aliphatic carbocycles. The van der Waals surface area contributed by atoms with Gasteiger partial charge in [0.1, 0.15) is 0 Å². The van der Waals surface area contributed by atoms with Gasteiger partial charge >= 0.3 is 11.4 Å². The Bertz CT molecular complexity index is 1210. The third-order valence-electron chi connectivity index (χ3n) is 8.45. The fraction of sp³-hybridized carbons (Fsp3) is 0.364. The molecule has 5 heteroatoms. The van der Waals surface area contributed by atoms with Gasteiger partial charge in [0.05, 0.1) is 17.8 Å². The van der Waals surface area contributed by atoms with Crippen molar-refractivity contribution in [3.63, 3.8) is 0 Å². The first-order valence-electron chi connectivity index (χ1n) is 9.85. The zero-order valence-electron chi connectivity index (χ0n) is 14.5. The van der Waals surface area contributed by atoms with Crippen LogP contribution in [0.2, 0.25) is 0 Å². The second kappa shape index (κ2) is 3.75. The molecule has 27 heavy (non-hydrogen) atoms. The lowest BCUT2D eigenvalue weighted by Gasteiger charge is -2.36. The van der Waals surface area contributed by atoms with Crippen LogP contribution in [0.25, 0.3) is 5.69 Å². The van der Waals surface area contributed by atoms with Crippen LogP contribution in [0.15, 0.2) is 70.3 Å². The predicted molar refractivity (Wildman–Crippen MR) is 97.9 cm³/mol. The maximum atomic E-state index is 13.3. The molecule has 2 bridgehead atoms. The standard InChI is InChI=1S/C22H17N3O2/c26-20-23(12-9-5-2-6-10-12)21(27)25-19-14-13-15(14)22(11-7-3-1-4-8-11)16(17(19)22)18(13)24(20)25/h1-10,13-19H/t13-,14-,15?,16-,17+,18-,19-,22?/m1/s1. The van der Waals surface area contributed by atoms with Gasteiger partial charge < -0.3 is 0 Å². The van der Waals surface area contributed by atoms with Crippen LogP contribution in [0.4, 0.5) is 0 Å². The van der Waals surface area contributed by atoms with Gasteiger partial charge in [0.25, 0.3) is 0 Å². The minimum atomic E-state index is -0.153. The van der Waals surface area contributed by atoms with Gasteiger partial charge in [-0.3, -0.25) is 0 Å². The van der Waals surface area contributed by atoms with E-state index >= 15 is 0 Å². The molecule has 0 radical (unpaired) electrons. The molecular weight excluding hydrogens is 338 g/mol. The maximum absolute atomic E-state index is 13.3. The molecule has 0 saturated heterocycles. The van der Waals surface area contributed by atoms with Crippen LogP contribution in [-0.4, -0.2) is 13.9 Å². The van der Waals surface area contributed by atoms with E-state index in [2.05, 4.69) is 30.3 Å². The Labute approximate surface area is 154 Å². The maximum Gasteiger partial charge on any atom is 0.352 e. The summed E-state index contributed by atoms with van der Waals surface area (Å²) in [4.78, 5) is 26.6. The van der Waals surface area contributed by atoms with Crippen LogP contribution in [0.1, 0.15) is 17.6 Å². The highest BCUT2D eigenvalue weighted by Gasteiger charge is 2.97. The summed E-state index contributed by atoms with van der Waals surface area (Å²) in [6.07, 6.45) is 0. The van der Waals surface area contributed by atoms with Gasteiger partial charge in [-0.25, -0.2) is 23.5 Å². The molecule has 2 aliphatic heterocycles. The van der Waals surface area contributed by atoms with Crippen molar-refractivity contribution in [3.8, 4) is 5.69 Å². The van der Waals surface area contributed by atoms with E-state index in [4.69, 9.17) is 0 Å². The number of nitrogens with zero attached hydrogens (tertiary/aromatic N) is 3. The normalized spacial score (nSPS) is 42.9. The summed E-state index contributed by atoms with van der Waals surface area (Å²) in [7, 11) is 0. The molecule has 6 aliphatic rings. The summed E-state index contributed by atoms with van der Waals surface area (Å²) < 4.78 is 5.07. The Morgan fingerprint density at radius 2 is 1.19 bits per heavy atom. The first-order valence-corrected chi connectivity index (χ1v) is 9.85. The van der Waals surface area contributed by atoms with Crippen LogP contribution in [0, 0.1) is 29.6 Å². The predicted octanol–water partition coefficient (Wildman–Crippen LogP) is 1.97. The van der Waals surface area contributed by atoms with Crippen LogP contribution in [-0.2, 0) is 5.41 Å². The molecule has 0 N–H and O–H groups in total. The lowest BCUT2D eigenvalue weighted by molar-refractivity contribution is 0.112. The van der Waals surface area contributed by atoms with E-state index in [1.165, 1.54) is 10.1 Å². The summed E-state index contributed by atoms with van der Waals surface area (Å²) in [5.74, 6) is 2.92. The Kier molecular flexibility index (Phi) is 1.85. The Morgan fingerprint density at radius 1 is 0.667 bits per heavy atom. The fourth-order valence-corrected chi connectivity index (χ4v) is 8.00. The van der Waals surface area contributed by atoms with Gasteiger partial charge in [-0.1, -0.05) is 48.5 Å². The fourth-order valence-electron chi connectivity index (χ4n) is 8.00. The molecule has 0 spiro atoms. The van der Waals surface area contributed by atoms with E-state index in [-0.39, 0.29) is 28.9 Å². The summed E-state index contributed by atoms with van der Waals surface area (Å²) in [5.41, 5.74) is 2.03. The van der Waals surface area contributed by atoms with Gasteiger partial charge in [-0.2, -0.15) is 0 Å². The van der Waals surface area contributed by atoms with Gasteiger partial charge in [-0.15, -0.1) is 0 Å². The minimum absolute atomic E-state index is 0.153. The molecule has 2 aromatic carbocycles. The second-order valence-corrected chi connectivity index (χ2v) is 8.94. The molecule has 5 nitrogen and oxygen atoms in total. The van der Waals surface area contributed by atoms with Crippen molar-refractivity contribution in [1.82, 2.24) is 13.9 Å². The molecule has 9 rings (SSSR count). The zero-order chi connectivity index (χ0) is 17.7. The monoisotopic (exact) mass is 355 g/mol. The zero-order valence-corrected chi connectivity index (χ0v) is 14.5. The summed E-state index contributed by atoms with van der Waals surface area (Å²) in [6, 6.07) is 20.6. The summed E-state index contributed by atoms with van der Waals surface area (Å²) in [5, 5.41) is 0. The summed E-state index contributed by atoms with van der Waals surface area (Å²) in [6.45, 7) is 0. The van der Waals surface area contributed by atoms with Crippen molar-refractivity contribution < 1.29 is 0 Å². The van der Waals surface area contributed by atoms with Crippen LogP contribution in [0.3, 0.4) is 0 Å². The average Bonchev–Trinajstić information content (AvgIpc) is 3.53. The number of para-hydroxylation sites is 1. The molecule has 4 saturated carbocycles. The van der Waals surface area contributed by atoms with Gasteiger partial charge in [0.15, 0.2) is 0 Å². The van der Waals surface area contributed by atoms with E-state index in [0.717, 1.165) is 0 Å². The third kappa shape index (κ3) is 1.10. The first kappa shape index (κ1) is 13.4. The molecule has 1 aromatic heterocycles. The number of benzene rings is 2. The smallest absolute Gasteiger partial charge is 0.245 e. The lowest BCUT2D eigenvalue weighted by atomic mass is 9.89. The molecule has 3 heterocycles. The van der Waals surface area contributed by atoms with E-state index in [1.807, 2.05) is 39.7 Å². The average molecular weight is 355 g/mol. The molecule has 8 atom stereocenters. The van der Waals surface area contributed by atoms with Gasteiger partial charge in [-0.05, 0) is 47.3 Å². The van der Waals surface area contributed by atoms with Crippen molar-refractivity contribution in [2.45, 2.75) is 17.5 Å². The van der Waals surface area contributed by atoms with Crippen molar-refractivity contribution >= 4 is 0 Å². The van der Waals surface area contributed by atoms with Crippen molar-refractivity contribution in [2.75, 3.05) is 0 Å². The topological polar surface area (TPSA) is 48.9 Å². The molecule has 132 valence electrons. The number of hydrogen-bond donors (Lipinski definition) is 0. The van der Waals surface area contributed by atoms with Crippen LogP contribution < -0.4 is 11.4 Å². The first-order chi connectivity index (χ1) is 13.3. The van der Waals surface area contributed by atoms with E-state index in [0.29, 0.717) is 35.3 Å². The van der Waals surface area contributed by atoms with Crippen LogP contribution in [0.5, 0.6) is 0 Å². The highest BCUT2D eigenvalue weighted by molar-refractivity contribution is 5.54. The van der Waals surface area contributed by atoms with E-state index in [9.17, 15) is 9.59 Å².